The van der Waals surface area contributed by atoms with Gasteiger partial charge in [0.15, 0.2) is 0 Å². The van der Waals surface area contributed by atoms with E-state index in [4.69, 9.17) is 0 Å². The average molecular weight is 191 g/mol. The maximum atomic E-state index is 11.9. The van der Waals surface area contributed by atoms with Crippen molar-refractivity contribution in [3.05, 3.63) is 12.3 Å². The lowest BCUT2D eigenvalue weighted by Crippen LogP contribution is -2.54. The molecule has 1 spiro atoms. The van der Waals surface area contributed by atoms with Gasteiger partial charge >= 0.3 is 0 Å². The number of hydrogen-bond acceptors (Lipinski definition) is 3. The van der Waals surface area contributed by atoms with Crippen LogP contribution in [0.15, 0.2) is 12.3 Å². The number of nitrogens with one attached hydrogen (secondary N) is 1. The largest absolute Gasteiger partial charge is 0.310 e. The predicted octanol–water partition coefficient (Wildman–Crippen LogP) is 0.646. The van der Waals surface area contributed by atoms with Crippen molar-refractivity contribution in [2.24, 2.45) is 5.41 Å². The van der Waals surface area contributed by atoms with Gasteiger partial charge in [0.25, 0.3) is 5.91 Å². The fourth-order valence-corrected chi connectivity index (χ4v) is 2.07. The van der Waals surface area contributed by atoms with Gasteiger partial charge in [0.05, 0.1) is 6.20 Å². The van der Waals surface area contributed by atoms with E-state index >= 15 is 0 Å². The van der Waals surface area contributed by atoms with Crippen molar-refractivity contribution in [2.75, 3.05) is 5.32 Å². The van der Waals surface area contributed by atoms with Crippen molar-refractivity contribution < 1.29 is 9.59 Å². The molecule has 1 aromatic rings. The van der Waals surface area contributed by atoms with Gasteiger partial charge in [-0.2, -0.15) is 9.78 Å². The van der Waals surface area contributed by atoms with Crippen molar-refractivity contribution in [1.29, 1.82) is 0 Å². The Balaban J connectivity index is 2.15. The van der Waals surface area contributed by atoms with Gasteiger partial charge in [-0.1, -0.05) is 6.42 Å². The lowest BCUT2D eigenvalue weighted by atomic mass is 9.67. The van der Waals surface area contributed by atoms with Crippen molar-refractivity contribution in [3.63, 3.8) is 0 Å². The number of hydrogen-bond donors (Lipinski definition) is 1. The van der Waals surface area contributed by atoms with E-state index in [9.17, 15) is 9.59 Å². The molecule has 0 atom stereocenters. The van der Waals surface area contributed by atoms with Crippen LogP contribution in [0.25, 0.3) is 0 Å². The summed E-state index contributed by atoms with van der Waals surface area (Å²) in [7, 11) is 0. The second kappa shape index (κ2) is 2.23. The van der Waals surface area contributed by atoms with Gasteiger partial charge in [0.1, 0.15) is 11.2 Å². The van der Waals surface area contributed by atoms with Gasteiger partial charge in [0.2, 0.25) is 5.91 Å². The molecule has 72 valence electrons. The van der Waals surface area contributed by atoms with E-state index in [-0.39, 0.29) is 11.8 Å². The molecule has 3 rings (SSSR count). The molecule has 5 nitrogen and oxygen atoms in total. The molecule has 2 aliphatic rings. The molecule has 1 saturated carbocycles. The molecule has 1 aromatic heterocycles. The Bertz CT molecular complexity index is 431. The van der Waals surface area contributed by atoms with Gasteiger partial charge in [-0.15, -0.1) is 0 Å². The third kappa shape index (κ3) is 0.685. The Hall–Kier alpha value is -1.65. The van der Waals surface area contributed by atoms with Crippen molar-refractivity contribution >= 4 is 17.6 Å². The molecule has 1 amide bonds. The van der Waals surface area contributed by atoms with Gasteiger partial charge in [0, 0.05) is 6.07 Å². The van der Waals surface area contributed by atoms with E-state index in [1.54, 1.807) is 6.07 Å². The molecule has 0 unspecified atom stereocenters. The molecule has 5 heteroatoms. The molecule has 0 bridgehead atoms. The zero-order valence-corrected chi connectivity index (χ0v) is 7.49. The van der Waals surface area contributed by atoms with E-state index < -0.39 is 5.41 Å². The van der Waals surface area contributed by atoms with Gasteiger partial charge in [-0.05, 0) is 12.8 Å². The summed E-state index contributed by atoms with van der Waals surface area (Å²) in [4.78, 5) is 23.6. The summed E-state index contributed by atoms with van der Waals surface area (Å²) < 4.78 is 1.29. The van der Waals surface area contributed by atoms with E-state index in [0.29, 0.717) is 18.7 Å². The van der Waals surface area contributed by atoms with Crippen molar-refractivity contribution in [1.82, 2.24) is 9.78 Å². The monoisotopic (exact) mass is 191 g/mol. The number of aromatic nitrogens is 2. The third-order valence-electron chi connectivity index (χ3n) is 3.13. The van der Waals surface area contributed by atoms with Crippen LogP contribution in [-0.4, -0.2) is 21.6 Å². The van der Waals surface area contributed by atoms with Crippen LogP contribution in [-0.2, 0) is 4.79 Å². The van der Waals surface area contributed by atoms with E-state index in [1.807, 2.05) is 0 Å². The standard InChI is InChI=1S/C9H9N3O2/c13-7-9(3-1-4-9)8(14)12-6(11-7)2-5-10-12/h2,5H,1,3-4H2,(H,11,13). The molecule has 1 N–H and O–H groups in total. The topological polar surface area (TPSA) is 64.0 Å². The van der Waals surface area contributed by atoms with Crippen LogP contribution in [0.3, 0.4) is 0 Å². The normalized spacial score (nSPS) is 22.9. The fraction of sp³-hybridized carbons (Fsp3) is 0.444. The second-order valence-electron chi connectivity index (χ2n) is 3.82. The Labute approximate surface area is 80.1 Å². The Morgan fingerprint density at radius 1 is 1.43 bits per heavy atom. The smallest absolute Gasteiger partial charge is 0.264 e. The number of carbonyl (C=O) groups is 2. The summed E-state index contributed by atoms with van der Waals surface area (Å²) in [6.45, 7) is 0. The minimum atomic E-state index is -0.807. The fourth-order valence-electron chi connectivity index (χ4n) is 2.07. The minimum absolute atomic E-state index is 0.165. The van der Waals surface area contributed by atoms with Crippen LogP contribution in [0.5, 0.6) is 0 Å². The maximum Gasteiger partial charge on any atom is 0.264 e. The van der Waals surface area contributed by atoms with E-state index in [2.05, 4.69) is 10.4 Å². The number of nitrogens with zero attached hydrogens (tertiary/aromatic N) is 2. The Kier molecular flexibility index (Phi) is 1.23. The summed E-state index contributed by atoms with van der Waals surface area (Å²) in [5.41, 5.74) is -0.807. The lowest BCUT2D eigenvalue weighted by molar-refractivity contribution is -0.127. The predicted molar refractivity (Wildman–Crippen MR) is 47.8 cm³/mol. The number of rotatable bonds is 0. The SMILES string of the molecule is O=C1Nc2ccnn2C(=O)C12CCC2. The van der Waals surface area contributed by atoms with Gasteiger partial charge < -0.3 is 5.32 Å². The van der Waals surface area contributed by atoms with Crippen molar-refractivity contribution in [2.45, 2.75) is 19.3 Å². The van der Waals surface area contributed by atoms with Crippen molar-refractivity contribution in [3.8, 4) is 0 Å². The molecule has 14 heavy (non-hydrogen) atoms. The third-order valence-corrected chi connectivity index (χ3v) is 3.13. The van der Waals surface area contributed by atoms with Crippen LogP contribution in [0, 0.1) is 5.41 Å². The van der Waals surface area contributed by atoms with Crippen LogP contribution in [0.2, 0.25) is 0 Å². The first kappa shape index (κ1) is 7.73. The van der Waals surface area contributed by atoms with Crippen LogP contribution >= 0.6 is 0 Å². The molecule has 1 aliphatic carbocycles. The summed E-state index contributed by atoms with van der Waals surface area (Å²) in [5, 5.41) is 6.61. The van der Waals surface area contributed by atoms with Crippen LogP contribution in [0.4, 0.5) is 5.82 Å². The highest BCUT2D eigenvalue weighted by Gasteiger charge is 2.54. The van der Waals surface area contributed by atoms with Gasteiger partial charge in [-0.3, -0.25) is 9.59 Å². The number of amides is 1. The highest BCUT2D eigenvalue weighted by Crippen LogP contribution is 2.45. The first-order valence-corrected chi connectivity index (χ1v) is 4.64. The van der Waals surface area contributed by atoms with Crippen LogP contribution in [0.1, 0.15) is 24.1 Å². The molecule has 0 radical (unpaired) electrons. The summed E-state index contributed by atoms with van der Waals surface area (Å²) in [6, 6.07) is 1.63. The molecule has 0 saturated heterocycles. The first-order valence-electron chi connectivity index (χ1n) is 4.64. The van der Waals surface area contributed by atoms with E-state index in [0.717, 1.165) is 6.42 Å². The zero-order chi connectivity index (χ0) is 9.76. The molecule has 1 fully saturated rings. The second-order valence-corrected chi connectivity index (χ2v) is 3.82. The van der Waals surface area contributed by atoms with E-state index in [1.165, 1.54) is 10.9 Å². The molecule has 1 aliphatic heterocycles. The number of fused-ring (bicyclic) bond motifs is 1. The highest BCUT2D eigenvalue weighted by molar-refractivity contribution is 6.15. The van der Waals surface area contributed by atoms with Gasteiger partial charge in [-0.25, -0.2) is 0 Å². The lowest BCUT2D eigenvalue weighted by Gasteiger charge is -2.40. The first-order chi connectivity index (χ1) is 6.74. The average Bonchev–Trinajstić information content (AvgIpc) is 2.49. The quantitative estimate of drug-likeness (QED) is 0.612. The number of anilines is 1. The molecule has 2 heterocycles. The number of carbonyl (C=O) groups excluding carboxylic acids is 2. The minimum Gasteiger partial charge on any atom is -0.310 e. The maximum absolute atomic E-state index is 11.9. The summed E-state index contributed by atoms with van der Waals surface area (Å²) in [5.74, 6) is 0.145. The Morgan fingerprint density at radius 2 is 2.21 bits per heavy atom. The molecular weight excluding hydrogens is 182 g/mol. The van der Waals surface area contributed by atoms with Crippen LogP contribution < -0.4 is 5.32 Å². The molecular formula is C9H9N3O2. The highest BCUT2D eigenvalue weighted by atomic mass is 16.2. The Morgan fingerprint density at radius 3 is 2.86 bits per heavy atom. The molecule has 0 aromatic carbocycles. The summed E-state index contributed by atoms with van der Waals surface area (Å²) in [6.07, 6.45) is 3.76. The zero-order valence-electron chi connectivity index (χ0n) is 7.49. The summed E-state index contributed by atoms with van der Waals surface area (Å²) >= 11 is 0.